The monoisotopic (exact) mass is 443 g/mol. The van der Waals surface area contributed by atoms with Crippen LogP contribution in [0.5, 0.6) is 5.75 Å². The Morgan fingerprint density at radius 2 is 1.73 bits per heavy atom. The molecule has 2 aromatic rings. The maximum Gasteiger partial charge on any atom is 0.225 e. The number of hydrogen-bond donors (Lipinski definition) is 1. The van der Waals surface area contributed by atoms with Crippen molar-refractivity contribution in [2.24, 2.45) is 0 Å². The molecule has 0 aromatic heterocycles. The molecule has 2 unspecified atom stereocenters. The smallest absolute Gasteiger partial charge is 0.225 e. The standard InChI is InChI=1S/C24H23Cl2NO3/c1-13(2)30-17-6-3-14(4-7-17)15-9-21-24(22(28)10-15)19(12-23(29)27-21)18-8-5-16(25)11-20(18)26/h3-8,11,13,15,19H,9-10,12H2,1-2H3,(H,27,29). The predicted molar refractivity (Wildman–Crippen MR) is 118 cm³/mol. The minimum atomic E-state index is -0.339. The van der Waals surface area contributed by atoms with Gasteiger partial charge in [-0.05, 0) is 61.6 Å². The molecule has 1 heterocycles. The highest BCUT2D eigenvalue weighted by Gasteiger charge is 2.38. The van der Waals surface area contributed by atoms with E-state index in [-0.39, 0.29) is 36.1 Å². The molecule has 0 fully saturated rings. The second-order valence-electron chi connectivity index (χ2n) is 8.13. The summed E-state index contributed by atoms with van der Waals surface area (Å²) in [5, 5.41) is 3.95. The van der Waals surface area contributed by atoms with Gasteiger partial charge in [0.25, 0.3) is 0 Å². The van der Waals surface area contributed by atoms with Gasteiger partial charge in [-0.15, -0.1) is 0 Å². The number of rotatable bonds is 4. The first-order valence-corrected chi connectivity index (χ1v) is 10.8. The van der Waals surface area contributed by atoms with E-state index in [1.807, 2.05) is 44.2 Å². The minimum Gasteiger partial charge on any atom is -0.491 e. The van der Waals surface area contributed by atoms with Crippen LogP contribution >= 0.6 is 23.2 Å². The van der Waals surface area contributed by atoms with Gasteiger partial charge in [-0.3, -0.25) is 9.59 Å². The molecule has 1 aliphatic heterocycles. The molecule has 1 N–H and O–H groups in total. The molecule has 6 heteroatoms. The predicted octanol–water partition coefficient (Wildman–Crippen LogP) is 5.78. The maximum atomic E-state index is 13.2. The summed E-state index contributed by atoms with van der Waals surface area (Å²) in [6.45, 7) is 3.97. The van der Waals surface area contributed by atoms with Gasteiger partial charge in [-0.25, -0.2) is 0 Å². The first kappa shape index (κ1) is 21.0. The maximum absolute atomic E-state index is 13.2. The van der Waals surface area contributed by atoms with Crippen LogP contribution in [0.4, 0.5) is 0 Å². The van der Waals surface area contributed by atoms with E-state index in [1.165, 1.54) is 0 Å². The van der Waals surface area contributed by atoms with Crippen molar-refractivity contribution in [2.45, 2.75) is 51.0 Å². The van der Waals surface area contributed by atoms with E-state index < -0.39 is 0 Å². The zero-order valence-electron chi connectivity index (χ0n) is 16.9. The third kappa shape index (κ3) is 4.26. The molecule has 0 radical (unpaired) electrons. The summed E-state index contributed by atoms with van der Waals surface area (Å²) in [7, 11) is 0. The molecule has 156 valence electrons. The van der Waals surface area contributed by atoms with E-state index in [4.69, 9.17) is 27.9 Å². The molecule has 0 saturated heterocycles. The highest BCUT2D eigenvalue weighted by atomic mass is 35.5. The first-order valence-electron chi connectivity index (χ1n) is 10.1. The number of allylic oxidation sites excluding steroid dienone is 2. The van der Waals surface area contributed by atoms with Gasteiger partial charge < -0.3 is 10.1 Å². The largest absolute Gasteiger partial charge is 0.491 e. The fourth-order valence-corrected chi connectivity index (χ4v) is 4.88. The summed E-state index contributed by atoms with van der Waals surface area (Å²) in [6, 6.07) is 13.1. The van der Waals surface area contributed by atoms with Crippen LogP contribution in [0.2, 0.25) is 10.0 Å². The van der Waals surface area contributed by atoms with Crippen LogP contribution in [0.15, 0.2) is 53.7 Å². The van der Waals surface area contributed by atoms with E-state index in [1.54, 1.807) is 12.1 Å². The number of ketones is 1. The Hall–Kier alpha value is -2.30. The Balaban J connectivity index is 1.64. The van der Waals surface area contributed by atoms with Crippen molar-refractivity contribution in [3.63, 3.8) is 0 Å². The lowest BCUT2D eigenvalue weighted by atomic mass is 9.73. The summed E-state index contributed by atoms with van der Waals surface area (Å²) in [6.07, 6.45) is 1.33. The molecule has 2 aromatic carbocycles. The molecule has 30 heavy (non-hydrogen) atoms. The second-order valence-corrected chi connectivity index (χ2v) is 8.97. The van der Waals surface area contributed by atoms with Crippen LogP contribution in [0.3, 0.4) is 0 Å². The number of Topliss-reactive ketones (excluding diaryl/α,β-unsaturated/α-hetero) is 1. The van der Waals surface area contributed by atoms with Gasteiger partial charge in [0.1, 0.15) is 5.75 Å². The van der Waals surface area contributed by atoms with Crippen molar-refractivity contribution in [3.8, 4) is 5.75 Å². The van der Waals surface area contributed by atoms with Crippen LogP contribution in [0, 0.1) is 0 Å². The van der Waals surface area contributed by atoms with Gasteiger partial charge in [-0.2, -0.15) is 0 Å². The lowest BCUT2D eigenvalue weighted by molar-refractivity contribution is -0.122. The highest BCUT2D eigenvalue weighted by Crippen LogP contribution is 2.44. The molecular weight excluding hydrogens is 421 g/mol. The Morgan fingerprint density at radius 3 is 2.40 bits per heavy atom. The van der Waals surface area contributed by atoms with Gasteiger partial charge >= 0.3 is 0 Å². The second kappa shape index (κ2) is 8.44. The van der Waals surface area contributed by atoms with Crippen LogP contribution in [-0.2, 0) is 9.59 Å². The van der Waals surface area contributed by atoms with Crippen molar-refractivity contribution < 1.29 is 14.3 Å². The van der Waals surface area contributed by atoms with Crippen LogP contribution < -0.4 is 10.1 Å². The lowest BCUT2D eigenvalue weighted by Crippen LogP contribution is -2.38. The molecule has 4 rings (SSSR count). The SMILES string of the molecule is CC(C)Oc1ccc(C2CC(=O)C3=C(C2)NC(=O)CC3c2ccc(Cl)cc2Cl)cc1. The molecule has 4 nitrogen and oxygen atoms in total. The Morgan fingerprint density at radius 1 is 1.00 bits per heavy atom. The van der Waals surface area contributed by atoms with Gasteiger partial charge in [0, 0.05) is 40.1 Å². The summed E-state index contributed by atoms with van der Waals surface area (Å²) in [4.78, 5) is 25.6. The Labute approximate surface area is 186 Å². The number of hydrogen-bond acceptors (Lipinski definition) is 3. The molecule has 1 amide bonds. The van der Waals surface area contributed by atoms with Gasteiger partial charge in [-0.1, -0.05) is 41.4 Å². The van der Waals surface area contributed by atoms with Gasteiger partial charge in [0.05, 0.1) is 6.10 Å². The lowest BCUT2D eigenvalue weighted by Gasteiger charge is -2.34. The Bertz CT molecular complexity index is 1030. The normalized spacial score (nSPS) is 21.5. The molecule has 0 saturated carbocycles. The van der Waals surface area contributed by atoms with Crippen molar-refractivity contribution in [1.29, 1.82) is 0 Å². The molecule has 0 bridgehead atoms. The highest BCUT2D eigenvalue weighted by molar-refractivity contribution is 6.35. The molecular formula is C24H23Cl2NO3. The van der Waals surface area contributed by atoms with Crippen LogP contribution in [-0.4, -0.2) is 17.8 Å². The topological polar surface area (TPSA) is 55.4 Å². The average Bonchev–Trinajstić information content (AvgIpc) is 2.67. The quantitative estimate of drug-likeness (QED) is 0.650. The summed E-state index contributed by atoms with van der Waals surface area (Å²) in [5.41, 5.74) is 3.22. The van der Waals surface area contributed by atoms with Crippen molar-refractivity contribution >= 4 is 34.9 Å². The number of halogens is 2. The zero-order chi connectivity index (χ0) is 21.4. The molecule has 2 aliphatic rings. The summed E-state index contributed by atoms with van der Waals surface area (Å²) in [5.74, 6) is 0.441. The molecule has 2 atom stereocenters. The zero-order valence-corrected chi connectivity index (χ0v) is 18.4. The number of ether oxygens (including phenoxy) is 1. The molecule has 1 aliphatic carbocycles. The van der Waals surface area contributed by atoms with Crippen molar-refractivity contribution in [2.75, 3.05) is 0 Å². The number of benzene rings is 2. The first-order chi connectivity index (χ1) is 14.3. The van der Waals surface area contributed by atoms with Crippen molar-refractivity contribution in [1.82, 2.24) is 5.32 Å². The average molecular weight is 444 g/mol. The third-order valence-corrected chi connectivity index (χ3v) is 6.16. The van der Waals surface area contributed by atoms with Gasteiger partial charge in [0.15, 0.2) is 5.78 Å². The third-order valence-electron chi connectivity index (χ3n) is 5.60. The Kier molecular flexibility index (Phi) is 5.90. The van der Waals surface area contributed by atoms with E-state index in [0.29, 0.717) is 34.2 Å². The fourth-order valence-electron chi connectivity index (χ4n) is 4.34. The van der Waals surface area contributed by atoms with E-state index in [2.05, 4.69) is 5.32 Å². The number of carbonyl (C=O) groups is 2. The van der Waals surface area contributed by atoms with E-state index in [0.717, 1.165) is 16.9 Å². The van der Waals surface area contributed by atoms with Gasteiger partial charge in [0.2, 0.25) is 5.91 Å². The summed E-state index contributed by atoms with van der Waals surface area (Å²) < 4.78 is 5.71. The number of amides is 1. The van der Waals surface area contributed by atoms with Crippen LogP contribution in [0.25, 0.3) is 0 Å². The fraction of sp³-hybridized carbons (Fsp3) is 0.333. The molecule has 0 spiro atoms. The number of nitrogens with one attached hydrogen (secondary N) is 1. The van der Waals surface area contributed by atoms with E-state index >= 15 is 0 Å². The number of carbonyl (C=O) groups excluding carboxylic acids is 2. The van der Waals surface area contributed by atoms with Crippen molar-refractivity contribution in [3.05, 3.63) is 74.9 Å². The van der Waals surface area contributed by atoms with Crippen LogP contribution in [0.1, 0.15) is 56.1 Å². The van der Waals surface area contributed by atoms with E-state index in [9.17, 15) is 9.59 Å². The summed E-state index contributed by atoms with van der Waals surface area (Å²) >= 11 is 12.4. The minimum absolute atomic E-state index is 0.0177.